The van der Waals surface area contributed by atoms with Crippen LogP contribution in [-0.2, 0) is 4.79 Å². The molecule has 0 bridgehead atoms. The van der Waals surface area contributed by atoms with E-state index in [0.717, 1.165) is 0 Å². The number of rotatable bonds is 5. The standard InChI is InChI=1S/C7H11NO2S/c1-2-4-11-5-3-6(8)7(9)10/h1,6H,3-5,8H2,(H,9,10)/t6-/m1/s1. The molecule has 11 heavy (non-hydrogen) atoms. The number of hydrogen-bond acceptors (Lipinski definition) is 3. The van der Waals surface area contributed by atoms with Crippen LogP contribution in [-0.4, -0.2) is 28.6 Å². The third-order valence-electron chi connectivity index (χ3n) is 1.08. The Morgan fingerprint density at radius 2 is 2.45 bits per heavy atom. The Labute approximate surface area is 70.3 Å². The van der Waals surface area contributed by atoms with Crippen LogP contribution >= 0.6 is 11.8 Å². The lowest BCUT2D eigenvalue weighted by Crippen LogP contribution is -2.30. The van der Waals surface area contributed by atoms with E-state index >= 15 is 0 Å². The third kappa shape index (κ3) is 5.77. The molecule has 0 heterocycles. The van der Waals surface area contributed by atoms with E-state index in [4.69, 9.17) is 17.3 Å². The molecule has 4 heteroatoms. The summed E-state index contributed by atoms with van der Waals surface area (Å²) in [6.07, 6.45) is 5.46. The highest BCUT2D eigenvalue weighted by Gasteiger charge is 2.09. The van der Waals surface area contributed by atoms with Gasteiger partial charge in [0.15, 0.2) is 0 Å². The van der Waals surface area contributed by atoms with Crippen molar-refractivity contribution >= 4 is 17.7 Å². The van der Waals surface area contributed by atoms with E-state index in [1.165, 1.54) is 11.8 Å². The molecule has 0 radical (unpaired) electrons. The fraction of sp³-hybridized carbons (Fsp3) is 0.571. The quantitative estimate of drug-likeness (QED) is 0.459. The number of terminal acetylenes is 1. The normalized spacial score (nSPS) is 12.0. The summed E-state index contributed by atoms with van der Waals surface area (Å²) in [6.45, 7) is 0. The molecule has 0 aliphatic rings. The van der Waals surface area contributed by atoms with Crippen LogP contribution in [0.15, 0.2) is 0 Å². The lowest BCUT2D eigenvalue weighted by Gasteiger charge is -2.03. The van der Waals surface area contributed by atoms with Crippen molar-refractivity contribution in [2.24, 2.45) is 5.73 Å². The fourth-order valence-electron chi connectivity index (χ4n) is 0.465. The maximum absolute atomic E-state index is 10.2. The Morgan fingerprint density at radius 1 is 1.82 bits per heavy atom. The van der Waals surface area contributed by atoms with Crippen LogP contribution in [0.4, 0.5) is 0 Å². The van der Waals surface area contributed by atoms with Gasteiger partial charge in [0.25, 0.3) is 0 Å². The van der Waals surface area contributed by atoms with Crippen LogP contribution < -0.4 is 5.73 Å². The first kappa shape index (κ1) is 10.3. The van der Waals surface area contributed by atoms with Crippen LogP contribution in [0.2, 0.25) is 0 Å². The van der Waals surface area contributed by atoms with Crippen molar-refractivity contribution in [2.45, 2.75) is 12.5 Å². The first-order valence-electron chi connectivity index (χ1n) is 3.18. The summed E-state index contributed by atoms with van der Waals surface area (Å²) in [5.74, 6) is 2.82. The number of nitrogens with two attached hydrogens (primary N) is 1. The molecule has 62 valence electrons. The van der Waals surface area contributed by atoms with Gasteiger partial charge < -0.3 is 10.8 Å². The van der Waals surface area contributed by atoms with Gasteiger partial charge in [0.05, 0.1) is 5.75 Å². The van der Waals surface area contributed by atoms with Crippen LogP contribution in [0.3, 0.4) is 0 Å². The molecule has 0 aliphatic heterocycles. The highest BCUT2D eigenvalue weighted by Crippen LogP contribution is 2.02. The summed E-state index contributed by atoms with van der Waals surface area (Å²) in [5, 5.41) is 8.36. The smallest absolute Gasteiger partial charge is 0.320 e. The monoisotopic (exact) mass is 173 g/mol. The third-order valence-corrected chi connectivity index (χ3v) is 1.97. The summed E-state index contributed by atoms with van der Waals surface area (Å²) in [7, 11) is 0. The van der Waals surface area contributed by atoms with Crippen LogP contribution in [0.5, 0.6) is 0 Å². The van der Waals surface area contributed by atoms with Crippen molar-refractivity contribution in [1.29, 1.82) is 0 Å². The van der Waals surface area contributed by atoms with E-state index in [0.29, 0.717) is 17.9 Å². The maximum Gasteiger partial charge on any atom is 0.320 e. The van der Waals surface area contributed by atoms with E-state index in [1.807, 2.05) is 0 Å². The number of hydrogen-bond donors (Lipinski definition) is 2. The van der Waals surface area contributed by atoms with Gasteiger partial charge in [-0.3, -0.25) is 4.79 Å². The molecule has 0 fully saturated rings. The molecule has 0 aliphatic carbocycles. The predicted molar refractivity (Wildman–Crippen MR) is 46.4 cm³/mol. The zero-order valence-electron chi connectivity index (χ0n) is 6.12. The van der Waals surface area contributed by atoms with Crippen molar-refractivity contribution < 1.29 is 9.90 Å². The molecule has 0 unspecified atom stereocenters. The zero-order chi connectivity index (χ0) is 8.69. The van der Waals surface area contributed by atoms with Crippen molar-refractivity contribution in [1.82, 2.24) is 0 Å². The van der Waals surface area contributed by atoms with E-state index in [9.17, 15) is 4.79 Å². The molecule has 0 spiro atoms. The van der Waals surface area contributed by atoms with Gasteiger partial charge in [-0.15, -0.1) is 18.2 Å². The minimum atomic E-state index is -0.952. The van der Waals surface area contributed by atoms with Gasteiger partial charge in [-0.25, -0.2) is 0 Å². The Balaban J connectivity index is 3.26. The summed E-state index contributed by atoms with van der Waals surface area (Å²) < 4.78 is 0. The number of carboxylic acids is 1. The van der Waals surface area contributed by atoms with Gasteiger partial charge in [0.1, 0.15) is 6.04 Å². The minimum Gasteiger partial charge on any atom is -0.480 e. The molecule has 0 aromatic rings. The molecule has 0 amide bonds. The van der Waals surface area contributed by atoms with Crippen LogP contribution in [0.25, 0.3) is 0 Å². The van der Waals surface area contributed by atoms with Gasteiger partial charge in [-0.2, -0.15) is 0 Å². The van der Waals surface area contributed by atoms with Gasteiger partial charge in [0.2, 0.25) is 0 Å². The molecule has 0 saturated carbocycles. The summed E-state index contributed by atoms with van der Waals surface area (Å²) in [4.78, 5) is 10.2. The molecular formula is C7H11NO2S. The lowest BCUT2D eigenvalue weighted by atomic mass is 10.2. The van der Waals surface area contributed by atoms with E-state index in [1.54, 1.807) is 0 Å². The van der Waals surface area contributed by atoms with Gasteiger partial charge in [-0.1, -0.05) is 5.92 Å². The molecule has 1 atom stereocenters. The van der Waals surface area contributed by atoms with Crippen LogP contribution in [0, 0.1) is 12.3 Å². The van der Waals surface area contributed by atoms with Gasteiger partial charge >= 0.3 is 5.97 Å². The summed E-state index contributed by atoms with van der Waals surface area (Å²) >= 11 is 1.52. The Kier molecular flexibility index (Phi) is 5.71. The highest BCUT2D eigenvalue weighted by atomic mass is 32.2. The second kappa shape index (κ2) is 6.08. The molecule has 0 rings (SSSR count). The molecular weight excluding hydrogens is 162 g/mol. The lowest BCUT2D eigenvalue weighted by molar-refractivity contribution is -0.138. The second-order valence-electron chi connectivity index (χ2n) is 1.99. The topological polar surface area (TPSA) is 63.3 Å². The maximum atomic E-state index is 10.2. The minimum absolute atomic E-state index is 0.474. The van der Waals surface area contributed by atoms with E-state index in [-0.39, 0.29) is 0 Å². The molecule has 0 aromatic carbocycles. The predicted octanol–water partition coefficient (Wildman–Crippen LogP) is 0.155. The van der Waals surface area contributed by atoms with E-state index in [2.05, 4.69) is 5.92 Å². The second-order valence-corrected chi connectivity index (χ2v) is 3.10. The number of carboxylic acid groups (broad SMARTS) is 1. The van der Waals surface area contributed by atoms with Gasteiger partial charge in [-0.05, 0) is 12.2 Å². The first-order valence-corrected chi connectivity index (χ1v) is 4.33. The SMILES string of the molecule is C#CCSCC[C@@H](N)C(=O)O. The summed E-state index contributed by atoms with van der Waals surface area (Å²) in [6, 6.07) is -0.750. The average Bonchev–Trinajstić information content (AvgIpc) is 1.97. The molecule has 3 N–H and O–H groups in total. The van der Waals surface area contributed by atoms with Crippen molar-refractivity contribution in [2.75, 3.05) is 11.5 Å². The molecule has 0 aromatic heterocycles. The van der Waals surface area contributed by atoms with Crippen molar-refractivity contribution in [3.63, 3.8) is 0 Å². The largest absolute Gasteiger partial charge is 0.480 e. The molecule has 0 saturated heterocycles. The number of thioether (sulfide) groups is 1. The summed E-state index contributed by atoms with van der Waals surface area (Å²) in [5.41, 5.74) is 5.23. The van der Waals surface area contributed by atoms with E-state index < -0.39 is 12.0 Å². The first-order chi connectivity index (χ1) is 5.18. The zero-order valence-corrected chi connectivity index (χ0v) is 6.93. The molecule has 3 nitrogen and oxygen atoms in total. The van der Waals surface area contributed by atoms with Crippen LogP contribution in [0.1, 0.15) is 6.42 Å². The van der Waals surface area contributed by atoms with Gasteiger partial charge in [0, 0.05) is 0 Å². The Morgan fingerprint density at radius 3 is 2.91 bits per heavy atom. The fourth-order valence-corrected chi connectivity index (χ4v) is 1.15. The Bertz CT molecular complexity index is 164. The van der Waals surface area contributed by atoms with Crippen molar-refractivity contribution in [3.05, 3.63) is 0 Å². The average molecular weight is 173 g/mol. The number of carbonyl (C=O) groups is 1. The number of aliphatic carboxylic acids is 1. The highest BCUT2D eigenvalue weighted by molar-refractivity contribution is 7.99. The Hall–Kier alpha value is -0.660. The van der Waals surface area contributed by atoms with Crippen molar-refractivity contribution in [3.8, 4) is 12.3 Å².